The van der Waals surface area contributed by atoms with Gasteiger partial charge in [0.05, 0.1) is 5.60 Å². The third-order valence-corrected chi connectivity index (χ3v) is 4.57. The molecule has 1 aromatic carbocycles. The Morgan fingerprint density at radius 1 is 1.15 bits per heavy atom. The quantitative estimate of drug-likeness (QED) is 0.746. The van der Waals surface area contributed by atoms with Crippen LogP contribution in [0.5, 0.6) is 0 Å². The summed E-state index contributed by atoms with van der Waals surface area (Å²) >= 11 is 0. The van der Waals surface area contributed by atoms with Gasteiger partial charge in [0.1, 0.15) is 0 Å². The van der Waals surface area contributed by atoms with Crippen LogP contribution in [0.2, 0.25) is 0 Å². The second kappa shape index (κ2) is 7.80. The lowest BCUT2D eigenvalue weighted by molar-refractivity contribution is -0.00595. The Labute approximate surface area is 123 Å². The molecule has 2 N–H and O–H groups in total. The first-order valence-electron chi connectivity index (χ1n) is 8.15. The zero-order valence-electron chi connectivity index (χ0n) is 12.8. The van der Waals surface area contributed by atoms with E-state index in [0.29, 0.717) is 0 Å². The van der Waals surface area contributed by atoms with Gasteiger partial charge < -0.3 is 10.4 Å². The predicted octanol–water partition coefficient (Wildman–Crippen LogP) is 3.54. The molecule has 0 radical (unpaired) electrons. The molecule has 1 aliphatic rings. The summed E-state index contributed by atoms with van der Waals surface area (Å²) in [6, 6.07) is 10.7. The van der Waals surface area contributed by atoms with E-state index < -0.39 is 5.60 Å². The molecule has 20 heavy (non-hydrogen) atoms. The van der Waals surface area contributed by atoms with Crippen molar-refractivity contribution in [2.24, 2.45) is 5.92 Å². The van der Waals surface area contributed by atoms with Crippen molar-refractivity contribution in [2.75, 3.05) is 13.1 Å². The third-order valence-electron chi connectivity index (χ3n) is 4.57. The maximum Gasteiger partial charge on any atom is 0.0771 e. The molecule has 1 aromatic rings. The van der Waals surface area contributed by atoms with Gasteiger partial charge in [0, 0.05) is 6.54 Å². The van der Waals surface area contributed by atoms with Crippen LogP contribution in [0, 0.1) is 5.92 Å². The number of rotatable bonds is 7. The maximum absolute atomic E-state index is 10.5. The van der Waals surface area contributed by atoms with E-state index in [1.807, 2.05) is 0 Å². The largest absolute Gasteiger partial charge is 0.389 e. The van der Waals surface area contributed by atoms with Gasteiger partial charge in [-0.3, -0.25) is 0 Å². The fourth-order valence-corrected chi connectivity index (χ4v) is 3.02. The van der Waals surface area contributed by atoms with Crippen LogP contribution in [0.25, 0.3) is 0 Å². The van der Waals surface area contributed by atoms with Crippen molar-refractivity contribution in [3.63, 3.8) is 0 Å². The molecule has 1 fully saturated rings. The summed E-state index contributed by atoms with van der Waals surface area (Å²) in [5, 5.41) is 13.9. The normalized spacial score (nSPS) is 26.6. The molecule has 0 unspecified atom stereocenters. The number of hydrogen-bond acceptors (Lipinski definition) is 2. The molecule has 0 atom stereocenters. The predicted molar refractivity (Wildman–Crippen MR) is 84.8 cm³/mol. The number of aliphatic hydroxyl groups is 1. The molecule has 2 nitrogen and oxygen atoms in total. The van der Waals surface area contributed by atoms with Gasteiger partial charge in [0.15, 0.2) is 0 Å². The van der Waals surface area contributed by atoms with Crippen LogP contribution in [-0.4, -0.2) is 23.8 Å². The molecule has 2 rings (SSSR count). The van der Waals surface area contributed by atoms with Crippen LogP contribution in [0.1, 0.15) is 51.0 Å². The van der Waals surface area contributed by atoms with Crippen LogP contribution < -0.4 is 5.32 Å². The van der Waals surface area contributed by atoms with Crippen molar-refractivity contribution in [2.45, 2.75) is 57.5 Å². The number of unbranched alkanes of at least 4 members (excludes halogenated alkanes) is 1. The number of hydrogen-bond donors (Lipinski definition) is 2. The van der Waals surface area contributed by atoms with Crippen LogP contribution in [0.3, 0.4) is 0 Å². The molecular weight excluding hydrogens is 246 g/mol. The van der Waals surface area contributed by atoms with Crippen LogP contribution in [-0.2, 0) is 6.42 Å². The topological polar surface area (TPSA) is 32.3 Å². The first kappa shape index (κ1) is 15.5. The standard InChI is InChI=1S/C18H29NO/c1-16-10-12-18(20,13-11-16)15-19-14-6-5-9-17-7-3-2-4-8-17/h2-4,7-8,16,19-20H,5-6,9-15H2,1H3. The molecule has 1 aliphatic carbocycles. The molecule has 0 aliphatic heterocycles. The van der Waals surface area contributed by atoms with Crippen molar-refractivity contribution >= 4 is 0 Å². The fraction of sp³-hybridized carbons (Fsp3) is 0.667. The van der Waals surface area contributed by atoms with Crippen molar-refractivity contribution in [3.8, 4) is 0 Å². The van der Waals surface area contributed by atoms with Crippen molar-refractivity contribution in [3.05, 3.63) is 35.9 Å². The molecule has 0 saturated heterocycles. The van der Waals surface area contributed by atoms with E-state index in [4.69, 9.17) is 0 Å². The van der Waals surface area contributed by atoms with E-state index in [-0.39, 0.29) is 0 Å². The SMILES string of the molecule is CC1CCC(O)(CNCCCCc2ccccc2)CC1. The number of nitrogens with one attached hydrogen (secondary N) is 1. The second-order valence-electron chi connectivity index (χ2n) is 6.53. The molecule has 0 spiro atoms. The first-order chi connectivity index (χ1) is 9.68. The Balaban J connectivity index is 1.53. The van der Waals surface area contributed by atoms with E-state index >= 15 is 0 Å². The van der Waals surface area contributed by atoms with E-state index in [1.54, 1.807) is 0 Å². The van der Waals surface area contributed by atoms with Gasteiger partial charge in [-0.1, -0.05) is 37.3 Å². The summed E-state index contributed by atoms with van der Waals surface area (Å²) in [5.74, 6) is 0.793. The molecule has 0 heterocycles. The molecule has 0 bridgehead atoms. The highest BCUT2D eigenvalue weighted by atomic mass is 16.3. The maximum atomic E-state index is 10.5. The second-order valence-corrected chi connectivity index (χ2v) is 6.53. The summed E-state index contributed by atoms with van der Waals surface area (Å²) in [6.07, 6.45) is 7.83. The minimum absolute atomic E-state index is 0.439. The molecular formula is C18H29NO. The summed E-state index contributed by atoms with van der Waals surface area (Å²) in [4.78, 5) is 0. The van der Waals surface area contributed by atoms with Crippen LogP contribution in [0.15, 0.2) is 30.3 Å². The molecule has 112 valence electrons. The summed E-state index contributed by atoms with van der Waals surface area (Å²) in [6.45, 7) is 4.08. The van der Waals surface area contributed by atoms with E-state index in [1.165, 1.54) is 31.2 Å². The van der Waals surface area contributed by atoms with Crippen LogP contribution in [0.4, 0.5) is 0 Å². The molecule has 0 amide bonds. The Morgan fingerprint density at radius 3 is 2.55 bits per heavy atom. The van der Waals surface area contributed by atoms with Crippen molar-refractivity contribution in [1.82, 2.24) is 5.32 Å². The minimum atomic E-state index is -0.439. The van der Waals surface area contributed by atoms with E-state index in [9.17, 15) is 5.11 Å². The lowest BCUT2D eigenvalue weighted by Crippen LogP contribution is -2.43. The van der Waals surface area contributed by atoms with Gasteiger partial charge >= 0.3 is 0 Å². The van der Waals surface area contributed by atoms with Crippen molar-refractivity contribution in [1.29, 1.82) is 0 Å². The Hall–Kier alpha value is -0.860. The lowest BCUT2D eigenvalue weighted by atomic mass is 9.79. The van der Waals surface area contributed by atoms with Crippen molar-refractivity contribution < 1.29 is 5.11 Å². The third kappa shape index (κ3) is 5.26. The molecule has 2 heteroatoms. The van der Waals surface area contributed by atoms with Gasteiger partial charge in [-0.25, -0.2) is 0 Å². The monoisotopic (exact) mass is 275 g/mol. The van der Waals surface area contributed by atoms with Gasteiger partial charge in [-0.2, -0.15) is 0 Å². The minimum Gasteiger partial charge on any atom is -0.389 e. The van der Waals surface area contributed by atoms with Gasteiger partial charge in [-0.05, 0) is 63.0 Å². The zero-order valence-corrected chi connectivity index (χ0v) is 12.8. The summed E-state index contributed by atoms with van der Waals surface area (Å²) < 4.78 is 0. The Bertz CT molecular complexity index is 368. The zero-order chi connectivity index (χ0) is 14.3. The van der Waals surface area contributed by atoms with E-state index in [2.05, 4.69) is 42.6 Å². The first-order valence-corrected chi connectivity index (χ1v) is 8.15. The average Bonchev–Trinajstić information content (AvgIpc) is 2.47. The lowest BCUT2D eigenvalue weighted by Gasteiger charge is -2.35. The highest BCUT2D eigenvalue weighted by molar-refractivity contribution is 5.14. The highest BCUT2D eigenvalue weighted by Crippen LogP contribution is 2.31. The van der Waals surface area contributed by atoms with E-state index in [0.717, 1.165) is 38.3 Å². The smallest absolute Gasteiger partial charge is 0.0771 e. The number of aryl methyl sites for hydroxylation is 1. The average molecular weight is 275 g/mol. The summed E-state index contributed by atoms with van der Waals surface area (Å²) in [5.41, 5.74) is 0.985. The Morgan fingerprint density at radius 2 is 1.85 bits per heavy atom. The molecule has 1 saturated carbocycles. The number of benzene rings is 1. The van der Waals surface area contributed by atoms with Crippen LogP contribution >= 0.6 is 0 Å². The van der Waals surface area contributed by atoms with Gasteiger partial charge in [0.2, 0.25) is 0 Å². The fourth-order valence-electron chi connectivity index (χ4n) is 3.02. The Kier molecular flexibility index (Phi) is 6.06. The summed E-state index contributed by atoms with van der Waals surface area (Å²) in [7, 11) is 0. The molecule has 0 aromatic heterocycles. The highest BCUT2D eigenvalue weighted by Gasteiger charge is 2.30. The van der Waals surface area contributed by atoms with Gasteiger partial charge in [0.25, 0.3) is 0 Å². The van der Waals surface area contributed by atoms with Gasteiger partial charge in [-0.15, -0.1) is 0 Å².